The molecular weight excluding hydrogens is 294 g/mol. The lowest BCUT2D eigenvalue weighted by molar-refractivity contribution is -0.165. The molecule has 0 saturated carbocycles. The molecule has 0 spiro atoms. The first-order valence-electron chi connectivity index (χ1n) is 5.56. The van der Waals surface area contributed by atoms with Gasteiger partial charge < -0.3 is 30.6 Å². The molecule has 0 aliphatic heterocycles. The first-order chi connectivity index (χ1) is 9.67. The highest BCUT2D eigenvalue weighted by Crippen LogP contribution is 2.16. The molecule has 0 aromatic rings. The first kappa shape index (κ1) is 18.8. The molecule has 21 heavy (non-hydrogen) atoms. The number of carboxylic acid groups (broad SMARTS) is 4. The highest BCUT2D eigenvalue weighted by atomic mass is 16.4. The molecular formula is C10H15NO10. The molecule has 0 rings (SSSR count). The van der Waals surface area contributed by atoms with Crippen LogP contribution in [0.2, 0.25) is 0 Å². The van der Waals surface area contributed by atoms with Crippen molar-refractivity contribution < 1.29 is 49.8 Å². The molecule has 11 nitrogen and oxygen atoms in total. The number of carbonyl (C=O) groups is 4. The molecule has 3 atom stereocenters. The van der Waals surface area contributed by atoms with Crippen molar-refractivity contribution in [3.8, 4) is 0 Å². The molecule has 0 amide bonds. The van der Waals surface area contributed by atoms with Gasteiger partial charge in [0, 0.05) is 0 Å². The van der Waals surface area contributed by atoms with Gasteiger partial charge in [-0.3, -0.25) is 24.1 Å². The Morgan fingerprint density at radius 1 is 0.714 bits per heavy atom. The summed E-state index contributed by atoms with van der Waals surface area (Å²) < 4.78 is 0. The van der Waals surface area contributed by atoms with E-state index in [1.54, 1.807) is 0 Å². The second kappa shape index (κ2) is 8.14. The topological polar surface area (TPSA) is 193 Å². The number of aliphatic hydroxyl groups excluding tert-OH is 2. The first-order valence-corrected chi connectivity index (χ1v) is 5.56. The van der Waals surface area contributed by atoms with Crippen molar-refractivity contribution in [3.05, 3.63) is 0 Å². The summed E-state index contributed by atoms with van der Waals surface area (Å²) in [6, 6.07) is -6.05. The van der Waals surface area contributed by atoms with E-state index >= 15 is 0 Å². The van der Waals surface area contributed by atoms with Crippen molar-refractivity contribution in [2.45, 2.75) is 24.5 Å². The van der Waals surface area contributed by atoms with Gasteiger partial charge in [-0.05, 0) is 0 Å². The molecule has 0 aliphatic rings. The maximum atomic E-state index is 11.1. The minimum atomic E-state index is -2.05. The SMILES string of the molecule is O=C(O)C[C@@H](C(=O)O)N(C(CO)C(=O)O)C(CO)C(=O)O. The van der Waals surface area contributed by atoms with Gasteiger partial charge in [-0.1, -0.05) is 0 Å². The molecule has 0 radical (unpaired) electrons. The maximum absolute atomic E-state index is 11.1. The zero-order valence-electron chi connectivity index (χ0n) is 10.6. The van der Waals surface area contributed by atoms with E-state index < -0.39 is 61.6 Å². The van der Waals surface area contributed by atoms with Crippen LogP contribution in [-0.4, -0.2) is 90.8 Å². The van der Waals surface area contributed by atoms with Crippen LogP contribution in [0.15, 0.2) is 0 Å². The highest BCUT2D eigenvalue weighted by molar-refractivity contribution is 5.84. The van der Waals surface area contributed by atoms with Gasteiger partial charge in [0.25, 0.3) is 0 Å². The Kier molecular flexibility index (Phi) is 7.27. The number of nitrogens with zero attached hydrogens (tertiary/aromatic N) is 1. The van der Waals surface area contributed by atoms with E-state index in [1.807, 2.05) is 0 Å². The number of rotatable bonds is 10. The molecule has 120 valence electrons. The Hall–Kier alpha value is -2.24. The summed E-state index contributed by atoms with van der Waals surface area (Å²) in [6.07, 6.45) is -1.11. The van der Waals surface area contributed by atoms with Crippen LogP contribution in [0.1, 0.15) is 6.42 Å². The maximum Gasteiger partial charge on any atom is 0.323 e. The number of carboxylic acids is 4. The van der Waals surface area contributed by atoms with Gasteiger partial charge in [-0.15, -0.1) is 0 Å². The minimum absolute atomic E-state index is 0.251. The van der Waals surface area contributed by atoms with Crippen LogP contribution < -0.4 is 0 Å². The van der Waals surface area contributed by atoms with Crippen molar-refractivity contribution in [1.29, 1.82) is 0 Å². The summed E-state index contributed by atoms with van der Waals surface area (Å²) in [6.45, 7) is -2.33. The van der Waals surface area contributed by atoms with Crippen LogP contribution in [0.25, 0.3) is 0 Å². The summed E-state index contributed by atoms with van der Waals surface area (Å²) in [7, 11) is 0. The third kappa shape index (κ3) is 4.98. The van der Waals surface area contributed by atoms with Gasteiger partial charge in [0.05, 0.1) is 19.6 Å². The van der Waals surface area contributed by atoms with Crippen molar-refractivity contribution in [2.75, 3.05) is 13.2 Å². The highest BCUT2D eigenvalue weighted by Gasteiger charge is 2.43. The van der Waals surface area contributed by atoms with Crippen molar-refractivity contribution in [2.24, 2.45) is 0 Å². The van der Waals surface area contributed by atoms with Gasteiger partial charge in [-0.25, -0.2) is 0 Å². The fraction of sp³-hybridized carbons (Fsp3) is 0.600. The molecule has 0 bridgehead atoms. The average molecular weight is 309 g/mol. The van der Waals surface area contributed by atoms with E-state index in [0.717, 1.165) is 0 Å². The second-order valence-electron chi connectivity index (χ2n) is 3.97. The monoisotopic (exact) mass is 309 g/mol. The van der Waals surface area contributed by atoms with Crippen molar-refractivity contribution >= 4 is 23.9 Å². The van der Waals surface area contributed by atoms with Gasteiger partial charge in [0.2, 0.25) is 0 Å². The van der Waals surface area contributed by atoms with Crippen LogP contribution in [0, 0.1) is 0 Å². The number of aliphatic hydroxyl groups is 2. The largest absolute Gasteiger partial charge is 0.481 e. The van der Waals surface area contributed by atoms with Crippen LogP contribution in [0.5, 0.6) is 0 Å². The minimum Gasteiger partial charge on any atom is -0.481 e. The van der Waals surface area contributed by atoms with Crippen LogP contribution in [0.4, 0.5) is 0 Å². The van der Waals surface area contributed by atoms with Gasteiger partial charge in [0.1, 0.15) is 18.1 Å². The van der Waals surface area contributed by atoms with E-state index in [-0.39, 0.29) is 4.90 Å². The summed E-state index contributed by atoms with van der Waals surface area (Å²) >= 11 is 0. The summed E-state index contributed by atoms with van der Waals surface area (Å²) in [5, 5.41) is 53.5. The predicted octanol–water partition coefficient (Wildman–Crippen LogP) is -2.89. The van der Waals surface area contributed by atoms with E-state index in [0.29, 0.717) is 0 Å². The Bertz CT molecular complexity index is 400. The summed E-state index contributed by atoms with van der Waals surface area (Å²) in [5.74, 6) is -6.92. The molecule has 11 heteroatoms. The van der Waals surface area contributed by atoms with E-state index in [1.165, 1.54) is 0 Å². The molecule has 0 aliphatic carbocycles. The number of hydrogen-bond donors (Lipinski definition) is 6. The van der Waals surface area contributed by atoms with Crippen molar-refractivity contribution in [1.82, 2.24) is 4.90 Å². The zero-order chi connectivity index (χ0) is 16.7. The summed E-state index contributed by atoms with van der Waals surface area (Å²) in [5.41, 5.74) is 0. The fourth-order valence-corrected chi connectivity index (χ4v) is 1.74. The molecule has 0 aromatic carbocycles. The second-order valence-corrected chi connectivity index (χ2v) is 3.97. The smallest absolute Gasteiger partial charge is 0.323 e. The Morgan fingerprint density at radius 3 is 1.24 bits per heavy atom. The average Bonchev–Trinajstić information content (AvgIpc) is 2.34. The Labute approximate surface area is 117 Å². The third-order valence-corrected chi connectivity index (χ3v) is 2.65. The van der Waals surface area contributed by atoms with E-state index in [9.17, 15) is 19.2 Å². The molecule has 0 heterocycles. The van der Waals surface area contributed by atoms with Crippen LogP contribution >= 0.6 is 0 Å². The lowest BCUT2D eigenvalue weighted by Gasteiger charge is -2.35. The van der Waals surface area contributed by atoms with Gasteiger partial charge in [-0.2, -0.15) is 0 Å². The lowest BCUT2D eigenvalue weighted by Crippen LogP contribution is -2.60. The van der Waals surface area contributed by atoms with Crippen molar-refractivity contribution in [3.63, 3.8) is 0 Å². The normalized spacial score (nSPS) is 15.2. The fourth-order valence-electron chi connectivity index (χ4n) is 1.74. The molecule has 0 fully saturated rings. The molecule has 0 aromatic heterocycles. The van der Waals surface area contributed by atoms with E-state index in [4.69, 9.17) is 30.6 Å². The Morgan fingerprint density at radius 2 is 1.05 bits per heavy atom. The quantitative estimate of drug-likeness (QED) is 0.242. The predicted molar refractivity (Wildman–Crippen MR) is 62.5 cm³/mol. The standard InChI is InChI=1S/C10H15NO10/c12-2-5(9(18)19)11(6(3-13)10(20)21)4(8(16)17)1-7(14)15/h4-6,12-13H,1-3H2,(H,14,15)(H,16,17)(H,18,19)(H,20,21)/t4-,5?,6?/m0/s1. The third-order valence-electron chi connectivity index (χ3n) is 2.65. The molecule has 6 N–H and O–H groups in total. The van der Waals surface area contributed by atoms with Crippen LogP contribution in [0.3, 0.4) is 0 Å². The summed E-state index contributed by atoms with van der Waals surface area (Å²) in [4.78, 5) is 44.1. The lowest BCUT2D eigenvalue weighted by atomic mass is 10.0. The molecule has 2 unspecified atom stereocenters. The van der Waals surface area contributed by atoms with E-state index in [2.05, 4.69) is 0 Å². The number of hydrogen-bond acceptors (Lipinski definition) is 7. The molecule has 0 saturated heterocycles. The Balaban J connectivity index is 5.84. The van der Waals surface area contributed by atoms with Crippen LogP contribution in [-0.2, 0) is 19.2 Å². The zero-order valence-corrected chi connectivity index (χ0v) is 10.6. The van der Waals surface area contributed by atoms with Gasteiger partial charge in [0.15, 0.2) is 0 Å². The van der Waals surface area contributed by atoms with Gasteiger partial charge >= 0.3 is 23.9 Å². The number of aliphatic carboxylic acids is 4.